The number of rotatable bonds is 3. The Hall–Kier alpha value is -2.02. The van der Waals surface area contributed by atoms with E-state index in [1.165, 1.54) is 24.3 Å². The summed E-state index contributed by atoms with van der Waals surface area (Å²) in [6.45, 7) is 0. The average Bonchev–Trinajstić information content (AvgIpc) is 2.53. The number of benzene rings is 2. The zero-order chi connectivity index (χ0) is 17.3. The van der Waals surface area contributed by atoms with Crippen LogP contribution in [-0.2, 0) is 0 Å². The van der Waals surface area contributed by atoms with Gasteiger partial charge in [-0.05, 0) is 29.8 Å². The van der Waals surface area contributed by atoms with Gasteiger partial charge in [-0.15, -0.1) is 25.6 Å². The van der Waals surface area contributed by atoms with Crippen molar-refractivity contribution in [3.05, 3.63) is 70.9 Å². The van der Waals surface area contributed by atoms with Crippen molar-refractivity contribution in [1.29, 1.82) is 0 Å². The van der Waals surface area contributed by atoms with E-state index >= 15 is 0 Å². The van der Waals surface area contributed by atoms with Gasteiger partial charge in [-0.3, -0.25) is 0 Å². The molecule has 8 heteroatoms. The third-order valence-corrected chi connectivity index (χ3v) is 3.82. The molecule has 0 saturated heterocycles. The summed E-state index contributed by atoms with van der Waals surface area (Å²) in [7, 11) is 0. The van der Waals surface area contributed by atoms with Crippen molar-refractivity contribution in [1.82, 2.24) is 4.98 Å². The second-order valence-corrected chi connectivity index (χ2v) is 5.51. The van der Waals surface area contributed by atoms with Crippen LogP contribution in [0.25, 0.3) is 10.9 Å². The maximum atomic E-state index is 12.2. The normalized spacial score (nSPS) is 12.5. The van der Waals surface area contributed by atoms with E-state index in [1.807, 2.05) is 30.3 Å². The lowest BCUT2D eigenvalue weighted by molar-refractivity contribution is -0.274. The van der Waals surface area contributed by atoms with Crippen LogP contribution in [0, 0.1) is 0 Å². The van der Waals surface area contributed by atoms with E-state index in [-0.39, 0.29) is 23.3 Å². The highest BCUT2D eigenvalue weighted by Gasteiger charge is 2.31. The number of nitrogens with two attached hydrogens (primary N) is 1. The van der Waals surface area contributed by atoms with E-state index in [4.69, 9.17) is 17.3 Å². The van der Waals surface area contributed by atoms with Crippen molar-refractivity contribution in [2.75, 3.05) is 0 Å². The van der Waals surface area contributed by atoms with Crippen molar-refractivity contribution >= 4 is 34.9 Å². The summed E-state index contributed by atoms with van der Waals surface area (Å²) >= 11 is 6.20. The molecular weight excluding hydrogens is 376 g/mol. The molecule has 0 fully saturated rings. The van der Waals surface area contributed by atoms with Gasteiger partial charge in [0.2, 0.25) is 0 Å². The number of hydrogen-bond acceptors (Lipinski definition) is 3. The fraction of sp³-hybridized carbons (Fsp3) is 0.118. The highest BCUT2D eigenvalue weighted by atomic mass is 35.5. The van der Waals surface area contributed by atoms with Crippen LogP contribution in [0.3, 0.4) is 0 Å². The van der Waals surface area contributed by atoms with E-state index in [9.17, 15) is 13.2 Å². The molecule has 0 bridgehead atoms. The van der Waals surface area contributed by atoms with Crippen LogP contribution in [0.4, 0.5) is 13.2 Å². The van der Waals surface area contributed by atoms with Gasteiger partial charge < -0.3 is 10.5 Å². The molecule has 1 aromatic heterocycles. The fourth-order valence-electron chi connectivity index (χ4n) is 2.38. The molecule has 3 nitrogen and oxygen atoms in total. The van der Waals surface area contributed by atoms with E-state index in [1.54, 1.807) is 0 Å². The molecule has 132 valence electrons. The third kappa shape index (κ3) is 4.54. The molecule has 0 saturated carbocycles. The molecule has 1 atom stereocenters. The standard InChI is InChI=1S/C17H12ClF3N2O.ClH/c18-16-13(9-11-3-1-2-4-14(11)23-16)15(22)10-5-7-12(8-6-10)24-17(19,20)21;/h1-9,15H,22H2;1H/t15-;/m1./s1. The molecule has 3 rings (SSSR count). The van der Waals surface area contributed by atoms with Crippen LogP contribution in [0.15, 0.2) is 54.6 Å². The topological polar surface area (TPSA) is 48.1 Å². The smallest absolute Gasteiger partial charge is 0.406 e. The number of alkyl halides is 3. The molecule has 2 N–H and O–H groups in total. The summed E-state index contributed by atoms with van der Waals surface area (Å²) in [5.74, 6) is -0.304. The first-order chi connectivity index (χ1) is 11.3. The fourth-order valence-corrected chi connectivity index (χ4v) is 2.65. The predicted molar refractivity (Wildman–Crippen MR) is 93.2 cm³/mol. The van der Waals surface area contributed by atoms with Crippen LogP contribution < -0.4 is 10.5 Å². The van der Waals surface area contributed by atoms with E-state index in [0.717, 1.165) is 10.9 Å². The Morgan fingerprint density at radius 2 is 1.68 bits per heavy atom. The van der Waals surface area contributed by atoms with Crippen LogP contribution in [0.1, 0.15) is 17.2 Å². The summed E-state index contributed by atoms with van der Waals surface area (Å²) in [5.41, 5.74) is 8.14. The molecular formula is C17H13Cl2F3N2O. The molecule has 2 aromatic carbocycles. The van der Waals surface area contributed by atoms with Gasteiger partial charge in [0.15, 0.2) is 0 Å². The van der Waals surface area contributed by atoms with Crippen molar-refractivity contribution in [3.63, 3.8) is 0 Å². The summed E-state index contributed by atoms with van der Waals surface area (Å²) in [6, 6.07) is 14.0. The minimum Gasteiger partial charge on any atom is -0.406 e. The lowest BCUT2D eigenvalue weighted by Crippen LogP contribution is -2.17. The second-order valence-electron chi connectivity index (χ2n) is 5.16. The van der Waals surface area contributed by atoms with Crippen molar-refractivity contribution in [2.24, 2.45) is 5.73 Å². The third-order valence-electron chi connectivity index (χ3n) is 3.51. The highest BCUT2D eigenvalue weighted by molar-refractivity contribution is 6.30. The molecule has 0 radical (unpaired) electrons. The molecule has 0 amide bonds. The lowest BCUT2D eigenvalue weighted by atomic mass is 9.99. The number of para-hydroxylation sites is 1. The average molecular weight is 389 g/mol. The Bertz CT molecular complexity index is 870. The Balaban J connectivity index is 0.00000225. The molecule has 0 unspecified atom stereocenters. The van der Waals surface area contributed by atoms with E-state index in [2.05, 4.69) is 9.72 Å². The van der Waals surface area contributed by atoms with Gasteiger partial charge in [-0.1, -0.05) is 41.9 Å². The van der Waals surface area contributed by atoms with Gasteiger partial charge in [-0.25, -0.2) is 4.98 Å². The minimum absolute atomic E-state index is 0. The SMILES string of the molecule is Cl.N[C@H](c1ccc(OC(F)(F)F)cc1)c1cc2ccccc2nc1Cl. The molecule has 0 aliphatic carbocycles. The zero-order valence-corrected chi connectivity index (χ0v) is 14.2. The Kier molecular flexibility index (Phi) is 5.77. The van der Waals surface area contributed by atoms with Crippen molar-refractivity contribution in [2.45, 2.75) is 12.4 Å². The zero-order valence-electron chi connectivity index (χ0n) is 12.6. The lowest BCUT2D eigenvalue weighted by Gasteiger charge is -2.15. The van der Waals surface area contributed by atoms with Gasteiger partial charge in [0.1, 0.15) is 10.9 Å². The minimum atomic E-state index is -4.73. The first-order valence-corrected chi connectivity index (χ1v) is 7.38. The summed E-state index contributed by atoms with van der Waals surface area (Å²) < 4.78 is 40.4. The van der Waals surface area contributed by atoms with Crippen molar-refractivity contribution < 1.29 is 17.9 Å². The number of nitrogens with zero attached hydrogens (tertiary/aromatic N) is 1. The number of aromatic nitrogens is 1. The number of halogens is 5. The van der Waals surface area contributed by atoms with Gasteiger partial charge >= 0.3 is 6.36 Å². The largest absolute Gasteiger partial charge is 0.573 e. The maximum absolute atomic E-state index is 12.2. The van der Waals surface area contributed by atoms with E-state index in [0.29, 0.717) is 11.1 Å². The van der Waals surface area contributed by atoms with Crippen molar-refractivity contribution in [3.8, 4) is 5.75 Å². The number of hydrogen-bond donors (Lipinski definition) is 1. The Morgan fingerprint density at radius 3 is 2.32 bits per heavy atom. The molecule has 25 heavy (non-hydrogen) atoms. The van der Waals surface area contributed by atoms with Crippen LogP contribution in [0.2, 0.25) is 5.15 Å². The number of pyridine rings is 1. The monoisotopic (exact) mass is 388 g/mol. The molecule has 0 spiro atoms. The highest BCUT2D eigenvalue weighted by Crippen LogP contribution is 2.30. The second kappa shape index (κ2) is 7.47. The first kappa shape index (κ1) is 19.3. The van der Waals surface area contributed by atoms with Crippen LogP contribution in [0.5, 0.6) is 5.75 Å². The van der Waals surface area contributed by atoms with Crippen LogP contribution in [-0.4, -0.2) is 11.3 Å². The predicted octanol–water partition coefficient (Wildman–Crippen LogP) is 5.26. The van der Waals surface area contributed by atoms with E-state index < -0.39 is 12.4 Å². The molecule has 3 aromatic rings. The molecule has 0 aliphatic rings. The Morgan fingerprint density at radius 1 is 1.04 bits per heavy atom. The van der Waals surface area contributed by atoms with Gasteiger partial charge in [0, 0.05) is 10.9 Å². The molecule has 0 aliphatic heterocycles. The maximum Gasteiger partial charge on any atom is 0.573 e. The van der Waals surface area contributed by atoms with Gasteiger partial charge in [0.05, 0.1) is 11.6 Å². The van der Waals surface area contributed by atoms with Gasteiger partial charge in [0.25, 0.3) is 0 Å². The first-order valence-electron chi connectivity index (χ1n) is 7.00. The number of fused-ring (bicyclic) bond motifs is 1. The number of ether oxygens (including phenoxy) is 1. The summed E-state index contributed by atoms with van der Waals surface area (Å²) in [4.78, 5) is 4.30. The quantitative estimate of drug-likeness (QED) is 0.622. The molecule has 1 heterocycles. The summed E-state index contributed by atoms with van der Waals surface area (Å²) in [6.07, 6.45) is -4.73. The van der Waals surface area contributed by atoms with Gasteiger partial charge in [-0.2, -0.15) is 0 Å². The van der Waals surface area contributed by atoms with Crippen LogP contribution >= 0.6 is 24.0 Å². The summed E-state index contributed by atoms with van der Waals surface area (Å²) in [5, 5.41) is 1.14. The Labute approximate surface area is 153 Å².